The molecule has 0 aliphatic carbocycles. The molecule has 0 unspecified atom stereocenters. The maximum atomic E-state index is 12.3. The molecule has 0 N–H and O–H groups in total. The van der Waals surface area contributed by atoms with Crippen LogP contribution in [0, 0.1) is 10.1 Å². The third kappa shape index (κ3) is 5.25. The zero-order chi connectivity index (χ0) is 17.5. The van der Waals surface area contributed by atoms with E-state index < -0.39 is 10.8 Å². The third-order valence-electron chi connectivity index (χ3n) is 3.42. The van der Waals surface area contributed by atoms with Crippen LogP contribution in [0.15, 0.2) is 53.4 Å². The number of thioether (sulfide) groups is 1. The van der Waals surface area contributed by atoms with Crippen molar-refractivity contribution in [3.63, 3.8) is 0 Å². The first-order chi connectivity index (χ1) is 11.5. The maximum Gasteiger partial charge on any atom is 0.211 e. The summed E-state index contributed by atoms with van der Waals surface area (Å²) >= 11 is 7.18. The monoisotopic (exact) mass is 365 g/mol. The lowest BCUT2D eigenvalue weighted by Crippen LogP contribution is -2.15. The van der Waals surface area contributed by atoms with Crippen LogP contribution >= 0.6 is 23.4 Å². The van der Waals surface area contributed by atoms with Crippen LogP contribution in [0.5, 0.6) is 5.75 Å². The minimum Gasteiger partial charge on any atom is -0.497 e. The molecule has 7 heteroatoms. The Kier molecular flexibility index (Phi) is 6.63. The summed E-state index contributed by atoms with van der Waals surface area (Å²) < 4.78 is 5.07. The van der Waals surface area contributed by atoms with Crippen molar-refractivity contribution in [2.24, 2.45) is 0 Å². The molecule has 0 aromatic heterocycles. The second-order valence-corrected chi connectivity index (χ2v) is 6.63. The Labute approximate surface area is 149 Å². The number of hydrogen-bond donors (Lipinski definition) is 0. The van der Waals surface area contributed by atoms with Crippen molar-refractivity contribution < 1.29 is 14.5 Å². The summed E-state index contributed by atoms with van der Waals surface area (Å²) in [6, 6.07) is 14.0. The van der Waals surface area contributed by atoms with Gasteiger partial charge in [0.1, 0.15) is 5.75 Å². The molecule has 2 rings (SSSR count). The molecular weight excluding hydrogens is 350 g/mol. The highest BCUT2D eigenvalue weighted by Crippen LogP contribution is 2.31. The number of rotatable bonds is 7. The number of hydrogen-bond acceptors (Lipinski definition) is 5. The molecule has 0 heterocycles. The van der Waals surface area contributed by atoms with Gasteiger partial charge in [0.15, 0.2) is 5.12 Å². The van der Waals surface area contributed by atoms with Gasteiger partial charge in [-0.05, 0) is 35.9 Å². The summed E-state index contributed by atoms with van der Waals surface area (Å²) in [6.07, 6.45) is 0.0431. The Bertz CT molecular complexity index is 721. The van der Waals surface area contributed by atoms with E-state index >= 15 is 0 Å². The van der Waals surface area contributed by atoms with Crippen molar-refractivity contribution in [2.45, 2.75) is 17.2 Å². The van der Waals surface area contributed by atoms with Crippen LogP contribution in [-0.2, 0) is 4.79 Å². The van der Waals surface area contributed by atoms with Crippen LogP contribution < -0.4 is 4.74 Å². The van der Waals surface area contributed by atoms with E-state index in [9.17, 15) is 14.9 Å². The van der Waals surface area contributed by atoms with Gasteiger partial charge >= 0.3 is 0 Å². The van der Waals surface area contributed by atoms with Crippen molar-refractivity contribution >= 4 is 28.5 Å². The number of methoxy groups -OCH3 is 1. The van der Waals surface area contributed by atoms with E-state index in [1.807, 2.05) is 0 Å². The first kappa shape index (κ1) is 18.3. The number of nitro groups is 1. The fourth-order valence-electron chi connectivity index (χ4n) is 2.28. The van der Waals surface area contributed by atoms with E-state index in [-0.39, 0.29) is 18.1 Å². The number of halogens is 1. The fourth-order valence-corrected chi connectivity index (χ4v) is 3.39. The van der Waals surface area contributed by atoms with Crippen molar-refractivity contribution in [2.75, 3.05) is 13.7 Å². The van der Waals surface area contributed by atoms with E-state index in [1.54, 1.807) is 55.6 Å². The molecule has 0 aliphatic heterocycles. The zero-order valence-electron chi connectivity index (χ0n) is 13.0. The minimum absolute atomic E-state index is 0.0431. The molecule has 1 atom stereocenters. The van der Waals surface area contributed by atoms with Gasteiger partial charge in [0.2, 0.25) is 6.54 Å². The summed E-state index contributed by atoms with van der Waals surface area (Å²) in [5.74, 6) is 0.154. The Morgan fingerprint density at radius 3 is 2.50 bits per heavy atom. The second-order valence-electron chi connectivity index (χ2n) is 5.09. The first-order valence-corrected chi connectivity index (χ1v) is 8.40. The molecule has 0 fully saturated rings. The molecule has 0 amide bonds. The quantitative estimate of drug-likeness (QED) is 0.412. The lowest BCUT2D eigenvalue weighted by molar-refractivity contribution is -0.483. The van der Waals surface area contributed by atoms with E-state index in [4.69, 9.17) is 16.3 Å². The van der Waals surface area contributed by atoms with Gasteiger partial charge in [-0.3, -0.25) is 14.9 Å². The van der Waals surface area contributed by atoms with Crippen LogP contribution in [0.2, 0.25) is 5.02 Å². The summed E-state index contributed by atoms with van der Waals surface area (Å²) in [5.41, 5.74) is 0.625. The maximum absolute atomic E-state index is 12.3. The van der Waals surface area contributed by atoms with E-state index in [1.165, 1.54) is 0 Å². The molecular formula is C17H16ClNO4S. The van der Waals surface area contributed by atoms with Gasteiger partial charge in [-0.2, -0.15) is 0 Å². The molecule has 0 spiro atoms. The largest absolute Gasteiger partial charge is 0.497 e. The SMILES string of the molecule is COc1ccc(SC(=O)C[C@@H](C[N+](=O)[O-])c2ccccc2Cl)cc1. The number of benzene rings is 2. The molecule has 0 saturated carbocycles. The van der Waals surface area contributed by atoms with Gasteiger partial charge in [-0.25, -0.2) is 0 Å². The van der Waals surface area contributed by atoms with Gasteiger partial charge in [0.05, 0.1) is 13.0 Å². The van der Waals surface area contributed by atoms with Crippen LogP contribution in [0.4, 0.5) is 0 Å². The van der Waals surface area contributed by atoms with Gasteiger partial charge in [0, 0.05) is 21.3 Å². The Morgan fingerprint density at radius 2 is 1.92 bits per heavy atom. The molecule has 0 radical (unpaired) electrons. The highest BCUT2D eigenvalue weighted by atomic mass is 35.5. The minimum atomic E-state index is -0.549. The molecule has 0 aliphatic rings. The summed E-state index contributed by atoms with van der Waals surface area (Å²) in [6.45, 7) is -0.335. The molecule has 0 saturated heterocycles. The standard InChI is InChI=1S/C17H16ClNO4S/c1-23-13-6-8-14(9-7-13)24-17(20)10-12(11-19(21)22)15-4-2-3-5-16(15)18/h2-9,12H,10-11H2,1H3/t12-/m0/s1. The van der Waals surface area contributed by atoms with Crippen molar-refractivity contribution in [1.82, 2.24) is 0 Å². The van der Waals surface area contributed by atoms with E-state index in [0.717, 1.165) is 16.7 Å². The lowest BCUT2D eigenvalue weighted by Gasteiger charge is -2.14. The fraction of sp³-hybridized carbons (Fsp3) is 0.235. The van der Waals surface area contributed by atoms with Crippen molar-refractivity contribution in [3.8, 4) is 5.75 Å². The lowest BCUT2D eigenvalue weighted by atomic mass is 9.96. The molecule has 2 aromatic carbocycles. The predicted molar refractivity (Wildman–Crippen MR) is 94.5 cm³/mol. The van der Waals surface area contributed by atoms with Crippen LogP contribution in [0.3, 0.4) is 0 Å². The van der Waals surface area contributed by atoms with Gasteiger partial charge in [-0.15, -0.1) is 0 Å². The average molecular weight is 366 g/mol. The second kappa shape index (κ2) is 8.70. The number of carbonyl (C=O) groups is 1. The summed E-state index contributed by atoms with van der Waals surface area (Å²) in [5, 5.41) is 11.2. The Hall–Kier alpha value is -2.05. The van der Waals surface area contributed by atoms with Crippen LogP contribution in [0.1, 0.15) is 17.9 Å². The summed E-state index contributed by atoms with van der Waals surface area (Å²) in [4.78, 5) is 23.6. The smallest absolute Gasteiger partial charge is 0.211 e. The molecule has 2 aromatic rings. The van der Waals surface area contributed by atoms with Crippen molar-refractivity contribution in [1.29, 1.82) is 0 Å². The zero-order valence-corrected chi connectivity index (χ0v) is 14.5. The summed E-state index contributed by atoms with van der Waals surface area (Å²) in [7, 11) is 1.57. The van der Waals surface area contributed by atoms with Gasteiger partial charge in [-0.1, -0.05) is 41.6 Å². The highest BCUT2D eigenvalue weighted by molar-refractivity contribution is 8.13. The average Bonchev–Trinajstić information content (AvgIpc) is 2.55. The van der Waals surface area contributed by atoms with E-state index in [2.05, 4.69) is 0 Å². The first-order valence-electron chi connectivity index (χ1n) is 7.20. The molecule has 0 bridgehead atoms. The highest BCUT2D eigenvalue weighted by Gasteiger charge is 2.24. The van der Waals surface area contributed by atoms with Crippen LogP contribution in [0.25, 0.3) is 0 Å². The van der Waals surface area contributed by atoms with Gasteiger partial charge < -0.3 is 4.74 Å². The van der Waals surface area contributed by atoms with Crippen LogP contribution in [-0.4, -0.2) is 23.7 Å². The predicted octanol–water partition coefficient (Wildman–Crippen LogP) is 4.42. The topological polar surface area (TPSA) is 69.4 Å². The number of ether oxygens (including phenoxy) is 1. The molecule has 5 nitrogen and oxygen atoms in total. The van der Waals surface area contributed by atoms with Crippen molar-refractivity contribution in [3.05, 3.63) is 69.2 Å². The number of carbonyl (C=O) groups excluding carboxylic acids is 1. The van der Waals surface area contributed by atoms with E-state index in [0.29, 0.717) is 16.3 Å². The molecule has 24 heavy (non-hydrogen) atoms. The third-order valence-corrected chi connectivity index (χ3v) is 4.67. The molecule has 126 valence electrons. The Balaban J connectivity index is 2.09. The Morgan fingerprint density at radius 1 is 1.25 bits per heavy atom. The van der Waals surface area contributed by atoms with Gasteiger partial charge in [0.25, 0.3) is 0 Å². The number of nitrogens with zero attached hydrogens (tertiary/aromatic N) is 1. The normalized spacial score (nSPS) is 11.8.